The van der Waals surface area contributed by atoms with E-state index in [-0.39, 0.29) is 24.3 Å². The predicted molar refractivity (Wildman–Crippen MR) is 107 cm³/mol. The Kier molecular flexibility index (Phi) is 15.9. The Hall–Kier alpha value is -1.26. The van der Waals surface area contributed by atoms with Crippen LogP contribution in [0.4, 0.5) is 0 Å². The van der Waals surface area contributed by atoms with Gasteiger partial charge in [0.1, 0.15) is 12.6 Å². The summed E-state index contributed by atoms with van der Waals surface area (Å²) in [5, 5.41) is 3.00. The van der Waals surface area contributed by atoms with Crippen molar-refractivity contribution in [2.45, 2.75) is 19.9 Å². The van der Waals surface area contributed by atoms with Gasteiger partial charge in [-0.3, -0.25) is 9.59 Å². The van der Waals surface area contributed by atoms with E-state index in [1.165, 1.54) is 4.90 Å². The molecule has 0 fully saturated rings. The molecule has 0 bridgehead atoms. The van der Waals surface area contributed by atoms with E-state index in [0.717, 1.165) is 6.54 Å². The number of likely N-dealkylation sites (N-methyl/N-ethyl adjacent to an activating group) is 3. The largest absolute Gasteiger partial charge is 0.382 e. The average molecular weight is 406 g/mol. The second-order valence-electron chi connectivity index (χ2n) is 6.83. The van der Waals surface area contributed by atoms with Crippen molar-refractivity contribution in [3.8, 4) is 0 Å². The second kappa shape index (κ2) is 16.7. The van der Waals surface area contributed by atoms with Gasteiger partial charge in [-0.1, -0.05) is 13.8 Å². The van der Waals surface area contributed by atoms with E-state index >= 15 is 0 Å². The number of rotatable bonds is 17. The molecule has 0 radical (unpaired) electrons. The lowest BCUT2D eigenvalue weighted by Crippen LogP contribution is -2.52. The number of nitrogens with one attached hydrogen (secondary N) is 1. The van der Waals surface area contributed by atoms with Gasteiger partial charge in [-0.2, -0.15) is 0 Å². The van der Waals surface area contributed by atoms with Gasteiger partial charge in [0.2, 0.25) is 11.8 Å². The van der Waals surface area contributed by atoms with Gasteiger partial charge < -0.3 is 34.1 Å². The number of ether oxygens (including phenoxy) is 4. The Labute approximate surface area is 169 Å². The van der Waals surface area contributed by atoms with Gasteiger partial charge in [-0.15, -0.1) is 0 Å². The van der Waals surface area contributed by atoms with Crippen LogP contribution in [0.25, 0.3) is 0 Å². The van der Waals surface area contributed by atoms with Gasteiger partial charge in [-0.25, -0.2) is 0 Å². The number of nitrogens with zero attached hydrogens (tertiary/aromatic N) is 2. The first-order valence-electron chi connectivity index (χ1n) is 9.74. The first-order valence-corrected chi connectivity index (χ1v) is 9.74. The number of carbonyl (C=O) groups is 2. The van der Waals surface area contributed by atoms with Crippen LogP contribution in [0.3, 0.4) is 0 Å². The Morgan fingerprint density at radius 3 is 2.14 bits per heavy atom. The number of hydrogen-bond donors (Lipinski definition) is 1. The topological polar surface area (TPSA) is 89.6 Å². The standard InChI is InChI=1S/C19H39N3O6/c1-16(2)18(19(24)21(4)8-10-26-9-7-20-3)22(5)17(23)15-28-14-13-27-12-11-25-6/h16,18,20H,7-15H2,1-6H3. The number of carbonyl (C=O) groups excluding carboxylic acids is 2. The highest BCUT2D eigenvalue weighted by molar-refractivity contribution is 5.88. The highest BCUT2D eigenvalue weighted by Crippen LogP contribution is 2.12. The molecule has 1 N–H and O–H groups in total. The predicted octanol–water partition coefficient (Wildman–Crippen LogP) is -0.157. The zero-order chi connectivity index (χ0) is 21.4. The summed E-state index contributed by atoms with van der Waals surface area (Å²) in [5.41, 5.74) is 0. The summed E-state index contributed by atoms with van der Waals surface area (Å²) in [5.74, 6) is -0.361. The average Bonchev–Trinajstić information content (AvgIpc) is 2.66. The zero-order valence-corrected chi connectivity index (χ0v) is 18.4. The van der Waals surface area contributed by atoms with Crippen LogP contribution in [0.2, 0.25) is 0 Å². The molecule has 0 saturated carbocycles. The van der Waals surface area contributed by atoms with E-state index in [2.05, 4.69) is 5.32 Å². The van der Waals surface area contributed by atoms with Crippen molar-refractivity contribution < 1.29 is 28.5 Å². The minimum atomic E-state index is -0.545. The van der Waals surface area contributed by atoms with Gasteiger partial charge >= 0.3 is 0 Å². The normalized spacial score (nSPS) is 12.2. The van der Waals surface area contributed by atoms with Crippen LogP contribution >= 0.6 is 0 Å². The van der Waals surface area contributed by atoms with E-state index in [9.17, 15) is 9.59 Å². The zero-order valence-electron chi connectivity index (χ0n) is 18.4. The van der Waals surface area contributed by atoms with Crippen LogP contribution < -0.4 is 5.32 Å². The quantitative estimate of drug-likeness (QED) is 0.337. The number of hydrogen-bond acceptors (Lipinski definition) is 7. The molecule has 0 saturated heterocycles. The summed E-state index contributed by atoms with van der Waals surface area (Å²) in [6, 6.07) is -0.545. The molecule has 0 spiro atoms. The lowest BCUT2D eigenvalue weighted by Gasteiger charge is -2.33. The molecule has 0 heterocycles. The van der Waals surface area contributed by atoms with E-state index in [1.807, 2.05) is 20.9 Å². The molecule has 1 unspecified atom stereocenters. The molecule has 0 aliphatic heterocycles. The van der Waals surface area contributed by atoms with E-state index < -0.39 is 6.04 Å². The highest BCUT2D eigenvalue weighted by atomic mass is 16.5. The maximum Gasteiger partial charge on any atom is 0.249 e. The molecule has 0 aliphatic carbocycles. The molecule has 28 heavy (non-hydrogen) atoms. The lowest BCUT2D eigenvalue weighted by molar-refractivity contribution is -0.148. The van der Waals surface area contributed by atoms with Gasteiger partial charge in [0, 0.05) is 34.3 Å². The summed E-state index contributed by atoms with van der Waals surface area (Å²) < 4.78 is 21.0. The summed E-state index contributed by atoms with van der Waals surface area (Å²) in [6.07, 6.45) is 0. The van der Waals surface area contributed by atoms with Crippen LogP contribution in [-0.4, -0.2) is 115 Å². The third kappa shape index (κ3) is 11.6. The Morgan fingerprint density at radius 1 is 0.929 bits per heavy atom. The minimum absolute atomic E-state index is 0.0218. The Bertz CT molecular complexity index is 422. The van der Waals surface area contributed by atoms with Gasteiger partial charge in [0.05, 0.1) is 39.6 Å². The van der Waals surface area contributed by atoms with Gasteiger partial charge in [0.25, 0.3) is 0 Å². The second-order valence-corrected chi connectivity index (χ2v) is 6.83. The van der Waals surface area contributed by atoms with Crippen LogP contribution in [-0.2, 0) is 28.5 Å². The fourth-order valence-electron chi connectivity index (χ4n) is 2.49. The molecule has 2 amide bonds. The minimum Gasteiger partial charge on any atom is -0.382 e. The fourth-order valence-corrected chi connectivity index (χ4v) is 2.49. The number of amides is 2. The Morgan fingerprint density at radius 2 is 1.54 bits per heavy atom. The molecule has 9 heteroatoms. The SMILES string of the molecule is CNCCOCCN(C)C(=O)C(C(C)C)N(C)C(=O)COCCOCCOC. The molecule has 1 atom stereocenters. The highest BCUT2D eigenvalue weighted by Gasteiger charge is 2.31. The number of methoxy groups -OCH3 is 1. The van der Waals surface area contributed by atoms with Crippen molar-refractivity contribution in [3.05, 3.63) is 0 Å². The molecule has 9 nitrogen and oxygen atoms in total. The summed E-state index contributed by atoms with van der Waals surface area (Å²) in [4.78, 5) is 28.3. The van der Waals surface area contributed by atoms with Crippen LogP contribution in [0.5, 0.6) is 0 Å². The maximum atomic E-state index is 12.8. The van der Waals surface area contributed by atoms with Crippen molar-refractivity contribution >= 4 is 11.8 Å². The first kappa shape index (κ1) is 26.7. The molecule has 0 rings (SSSR count). The van der Waals surface area contributed by atoms with E-state index in [4.69, 9.17) is 18.9 Å². The maximum absolute atomic E-state index is 12.8. The molecule has 0 aromatic carbocycles. The smallest absolute Gasteiger partial charge is 0.249 e. The van der Waals surface area contributed by atoms with Crippen molar-refractivity contribution in [1.29, 1.82) is 0 Å². The van der Waals surface area contributed by atoms with Crippen molar-refractivity contribution in [2.24, 2.45) is 5.92 Å². The van der Waals surface area contributed by atoms with Crippen LogP contribution in [0, 0.1) is 5.92 Å². The van der Waals surface area contributed by atoms with Crippen molar-refractivity contribution in [1.82, 2.24) is 15.1 Å². The Balaban J connectivity index is 4.38. The van der Waals surface area contributed by atoms with E-state index in [1.54, 1.807) is 26.1 Å². The monoisotopic (exact) mass is 405 g/mol. The lowest BCUT2D eigenvalue weighted by atomic mass is 10.0. The van der Waals surface area contributed by atoms with E-state index in [0.29, 0.717) is 46.2 Å². The first-order chi connectivity index (χ1) is 13.4. The molecular formula is C19H39N3O6. The van der Waals surface area contributed by atoms with Gasteiger partial charge in [0.15, 0.2) is 0 Å². The molecule has 0 aromatic rings. The fraction of sp³-hybridized carbons (Fsp3) is 0.895. The summed E-state index contributed by atoms with van der Waals surface area (Å²) >= 11 is 0. The third-order valence-electron chi connectivity index (χ3n) is 4.17. The summed E-state index contributed by atoms with van der Waals surface area (Å²) in [6.45, 7) is 7.77. The van der Waals surface area contributed by atoms with Crippen molar-refractivity contribution in [3.63, 3.8) is 0 Å². The van der Waals surface area contributed by atoms with Gasteiger partial charge in [-0.05, 0) is 13.0 Å². The summed E-state index contributed by atoms with van der Waals surface area (Å²) in [7, 11) is 6.83. The molecular weight excluding hydrogens is 366 g/mol. The molecule has 0 aromatic heterocycles. The van der Waals surface area contributed by atoms with Crippen LogP contribution in [0.1, 0.15) is 13.8 Å². The molecule has 166 valence electrons. The third-order valence-corrected chi connectivity index (χ3v) is 4.17. The van der Waals surface area contributed by atoms with Crippen molar-refractivity contribution in [2.75, 3.05) is 87.6 Å². The van der Waals surface area contributed by atoms with Crippen LogP contribution in [0.15, 0.2) is 0 Å². The molecule has 0 aliphatic rings.